The Labute approximate surface area is 125 Å². The minimum absolute atomic E-state index is 0.249. The van der Waals surface area contributed by atoms with Crippen LogP contribution in [0.4, 0.5) is 5.69 Å². The van der Waals surface area contributed by atoms with Crippen LogP contribution < -0.4 is 5.32 Å². The third kappa shape index (κ3) is 4.05. The van der Waals surface area contributed by atoms with Crippen LogP contribution in [0.1, 0.15) is 37.4 Å². The molecule has 0 spiro atoms. The molecule has 1 unspecified atom stereocenters. The van der Waals surface area contributed by atoms with Gasteiger partial charge >= 0.3 is 0 Å². The van der Waals surface area contributed by atoms with E-state index in [9.17, 15) is 0 Å². The van der Waals surface area contributed by atoms with E-state index in [1.807, 2.05) is 11.6 Å². The van der Waals surface area contributed by atoms with Gasteiger partial charge in [0.2, 0.25) is 0 Å². The van der Waals surface area contributed by atoms with Gasteiger partial charge in [-0.1, -0.05) is 26.0 Å². The van der Waals surface area contributed by atoms with E-state index in [4.69, 9.17) is 0 Å². The van der Waals surface area contributed by atoms with Gasteiger partial charge in [0.1, 0.15) is 5.01 Å². The molecule has 0 amide bonds. The number of hydrogen-bond donors (Lipinski definition) is 1. The SMILES string of the molecule is CCN(CC)Cc1cccc(NC(C)c2nccs2)c1. The zero-order chi connectivity index (χ0) is 14.4. The molecule has 4 heteroatoms. The van der Waals surface area contributed by atoms with Crippen LogP contribution in [0.2, 0.25) is 0 Å². The molecule has 2 rings (SSSR count). The summed E-state index contributed by atoms with van der Waals surface area (Å²) in [5.41, 5.74) is 2.52. The number of hydrogen-bond acceptors (Lipinski definition) is 4. The molecule has 0 fully saturated rings. The lowest BCUT2D eigenvalue weighted by atomic mass is 10.1. The summed E-state index contributed by atoms with van der Waals surface area (Å²) < 4.78 is 0. The van der Waals surface area contributed by atoms with E-state index in [1.54, 1.807) is 11.3 Å². The molecule has 0 saturated carbocycles. The van der Waals surface area contributed by atoms with Crippen molar-refractivity contribution in [1.82, 2.24) is 9.88 Å². The molecule has 0 saturated heterocycles. The van der Waals surface area contributed by atoms with Gasteiger partial charge in [0.15, 0.2) is 0 Å². The highest BCUT2D eigenvalue weighted by Gasteiger charge is 2.08. The third-order valence-electron chi connectivity index (χ3n) is 3.43. The summed E-state index contributed by atoms with van der Waals surface area (Å²) in [6.07, 6.45) is 1.86. The van der Waals surface area contributed by atoms with E-state index >= 15 is 0 Å². The number of nitrogens with zero attached hydrogens (tertiary/aromatic N) is 2. The summed E-state index contributed by atoms with van der Waals surface area (Å²) in [7, 11) is 0. The summed E-state index contributed by atoms with van der Waals surface area (Å²) in [6.45, 7) is 9.74. The van der Waals surface area contributed by atoms with Crippen molar-refractivity contribution < 1.29 is 0 Å². The average Bonchev–Trinajstić information content (AvgIpc) is 2.99. The fourth-order valence-corrected chi connectivity index (χ4v) is 2.87. The van der Waals surface area contributed by atoms with Crippen LogP contribution in [-0.4, -0.2) is 23.0 Å². The van der Waals surface area contributed by atoms with E-state index in [-0.39, 0.29) is 6.04 Å². The van der Waals surface area contributed by atoms with Crippen LogP contribution in [0.25, 0.3) is 0 Å². The molecule has 0 bridgehead atoms. The predicted molar refractivity (Wildman–Crippen MR) is 87.2 cm³/mol. The van der Waals surface area contributed by atoms with Crippen molar-refractivity contribution in [2.24, 2.45) is 0 Å². The number of rotatable bonds is 7. The van der Waals surface area contributed by atoms with Crippen molar-refractivity contribution in [2.45, 2.75) is 33.4 Å². The topological polar surface area (TPSA) is 28.2 Å². The highest BCUT2D eigenvalue weighted by molar-refractivity contribution is 7.09. The van der Waals surface area contributed by atoms with E-state index < -0.39 is 0 Å². The van der Waals surface area contributed by atoms with Crippen LogP contribution in [0.3, 0.4) is 0 Å². The predicted octanol–water partition coefficient (Wildman–Crippen LogP) is 4.16. The van der Waals surface area contributed by atoms with E-state index in [1.165, 1.54) is 5.56 Å². The van der Waals surface area contributed by atoms with Crippen LogP contribution in [0.15, 0.2) is 35.8 Å². The lowest BCUT2D eigenvalue weighted by molar-refractivity contribution is 0.296. The van der Waals surface area contributed by atoms with Crippen molar-refractivity contribution in [3.63, 3.8) is 0 Å². The molecule has 0 aliphatic carbocycles. The van der Waals surface area contributed by atoms with Crippen LogP contribution in [0, 0.1) is 0 Å². The molecule has 1 heterocycles. The lowest BCUT2D eigenvalue weighted by Gasteiger charge is -2.19. The van der Waals surface area contributed by atoms with E-state index in [0.717, 1.165) is 30.3 Å². The fraction of sp³-hybridized carbons (Fsp3) is 0.438. The molecule has 1 aromatic carbocycles. The second kappa shape index (κ2) is 7.41. The summed E-state index contributed by atoms with van der Waals surface area (Å²) in [5, 5.41) is 6.67. The third-order valence-corrected chi connectivity index (χ3v) is 4.39. The number of aromatic nitrogens is 1. The minimum Gasteiger partial charge on any atom is -0.376 e. The summed E-state index contributed by atoms with van der Waals surface area (Å²) in [5.74, 6) is 0. The van der Waals surface area contributed by atoms with Crippen LogP contribution in [0.5, 0.6) is 0 Å². The summed E-state index contributed by atoms with van der Waals surface area (Å²) in [4.78, 5) is 6.78. The Hall–Kier alpha value is -1.39. The van der Waals surface area contributed by atoms with Crippen molar-refractivity contribution in [1.29, 1.82) is 0 Å². The second-order valence-corrected chi connectivity index (χ2v) is 5.82. The molecule has 1 aromatic heterocycles. The molecule has 0 aliphatic heterocycles. The second-order valence-electron chi connectivity index (χ2n) is 4.90. The zero-order valence-corrected chi connectivity index (χ0v) is 13.3. The molecule has 3 nitrogen and oxygen atoms in total. The summed E-state index contributed by atoms with van der Waals surface area (Å²) >= 11 is 1.69. The van der Waals surface area contributed by atoms with Crippen molar-refractivity contribution in [2.75, 3.05) is 18.4 Å². The largest absolute Gasteiger partial charge is 0.376 e. The molecule has 1 atom stereocenters. The van der Waals surface area contributed by atoms with Crippen LogP contribution >= 0.6 is 11.3 Å². The highest BCUT2D eigenvalue weighted by atomic mass is 32.1. The molecule has 0 radical (unpaired) electrons. The van der Waals surface area contributed by atoms with E-state index in [2.05, 4.69) is 60.2 Å². The molecule has 0 aliphatic rings. The Morgan fingerprint density at radius 1 is 1.30 bits per heavy atom. The van der Waals surface area contributed by atoms with E-state index in [0.29, 0.717) is 0 Å². The smallest absolute Gasteiger partial charge is 0.115 e. The van der Waals surface area contributed by atoms with Crippen LogP contribution in [-0.2, 0) is 6.54 Å². The van der Waals surface area contributed by atoms with Gasteiger partial charge in [0.05, 0.1) is 6.04 Å². The quantitative estimate of drug-likeness (QED) is 0.829. The molecule has 108 valence electrons. The zero-order valence-electron chi connectivity index (χ0n) is 12.5. The number of anilines is 1. The Bertz CT molecular complexity index is 506. The molecule has 2 aromatic rings. The van der Waals surface area contributed by atoms with Crippen molar-refractivity contribution in [3.05, 3.63) is 46.4 Å². The number of thiazole rings is 1. The molecule has 20 heavy (non-hydrogen) atoms. The minimum atomic E-state index is 0.249. The monoisotopic (exact) mass is 289 g/mol. The maximum atomic E-state index is 4.36. The molecular formula is C16H23N3S. The first kappa shape index (κ1) is 15.0. The summed E-state index contributed by atoms with van der Waals surface area (Å²) in [6, 6.07) is 8.92. The molecule has 1 N–H and O–H groups in total. The van der Waals surface area contributed by atoms with Gasteiger partial charge in [-0.2, -0.15) is 0 Å². The Kier molecular flexibility index (Phi) is 5.56. The highest BCUT2D eigenvalue weighted by Crippen LogP contribution is 2.21. The standard InChI is InChI=1S/C16H23N3S/c1-4-19(5-2)12-14-7-6-8-15(11-14)18-13(3)16-17-9-10-20-16/h6-11,13,18H,4-5,12H2,1-3H3. The Morgan fingerprint density at radius 2 is 2.10 bits per heavy atom. The average molecular weight is 289 g/mol. The maximum Gasteiger partial charge on any atom is 0.115 e. The Morgan fingerprint density at radius 3 is 2.75 bits per heavy atom. The van der Waals surface area contributed by atoms with Crippen molar-refractivity contribution >= 4 is 17.0 Å². The normalized spacial score (nSPS) is 12.6. The van der Waals surface area contributed by atoms with Gasteiger partial charge in [-0.3, -0.25) is 4.90 Å². The van der Waals surface area contributed by atoms with Crippen molar-refractivity contribution in [3.8, 4) is 0 Å². The number of benzene rings is 1. The lowest BCUT2D eigenvalue weighted by Crippen LogP contribution is -2.22. The number of nitrogens with one attached hydrogen (secondary N) is 1. The van der Waals surface area contributed by atoms with Gasteiger partial charge < -0.3 is 5.32 Å². The van der Waals surface area contributed by atoms with Gasteiger partial charge in [-0.05, 0) is 37.7 Å². The van der Waals surface area contributed by atoms with Gasteiger partial charge in [-0.15, -0.1) is 11.3 Å². The van der Waals surface area contributed by atoms with Gasteiger partial charge in [0.25, 0.3) is 0 Å². The maximum absolute atomic E-state index is 4.36. The van der Waals surface area contributed by atoms with Gasteiger partial charge in [-0.25, -0.2) is 4.98 Å². The molecular weight excluding hydrogens is 266 g/mol. The first-order chi connectivity index (χ1) is 9.72. The first-order valence-corrected chi connectivity index (χ1v) is 8.08. The Balaban J connectivity index is 2.02. The first-order valence-electron chi connectivity index (χ1n) is 7.20. The fourth-order valence-electron chi connectivity index (χ4n) is 2.22. The van der Waals surface area contributed by atoms with Gasteiger partial charge in [0, 0.05) is 23.8 Å².